The molecule has 0 spiro atoms. The lowest BCUT2D eigenvalue weighted by molar-refractivity contribution is -0.161. The number of allylic oxidation sites excluding steroid dienone is 8. The maximum absolute atomic E-state index is 12.6. The third-order valence-electron chi connectivity index (χ3n) is 9.43. The Hall–Kier alpha value is -2.03. The van der Waals surface area contributed by atoms with Crippen molar-refractivity contribution < 1.29 is 37.6 Å². The Labute approximate surface area is 343 Å². The molecule has 0 aliphatic rings. The minimum absolute atomic E-state index is 0.0214. The molecule has 0 aliphatic heterocycles. The molecule has 2 unspecified atom stereocenters. The van der Waals surface area contributed by atoms with Gasteiger partial charge in [0.05, 0.1) is 13.2 Å². The number of carbonyl (C=O) groups excluding carboxylic acids is 2. The molecule has 10 heteroatoms. The van der Waals surface area contributed by atoms with Crippen molar-refractivity contribution in [3.05, 3.63) is 48.6 Å². The molecule has 0 radical (unpaired) electrons. The van der Waals surface area contributed by atoms with Crippen LogP contribution in [0.15, 0.2) is 48.6 Å². The van der Waals surface area contributed by atoms with Crippen LogP contribution in [0.1, 0.15) is 194 Å². The summed E-state index contributed by atoms with van der Waals surface area (Å²) in [5, 5.41) is 2.82. The van der Waals surface area contributed by atoms with Gasteiger partial charge in [-0.2, -0.15) is 0 Å². The van der Waals surface area contributed by atoms with E-state index < -0.39 is 26.5 Å². The van der Waals surface area contributed by atoms with Gasteiger partial charge in [0, 0.05) is 19.4 Å². The molecule has 0 aromatic carbocycles. The van der Waals surface area contributed by atoms with Crippen LogP contribution in [-0.4, -0.2) is 56.3 Å². The number of hydrogen-bond acceptors (Lipinski definition) is 8. The normalized spacial score (nSPS) is 13.7. The van der Waals surface area contributed by atoms with Crippen molar-refractivity contribution in [2.45, 2.75) is 200 Å². The maximum Gasteiger partial charge on any atom is 0.472 e. The van der Waals surface area contributed by atoms with Crippen molar-refractivity contribution in [1.82, 2.24) is 5.32 Å². The van der Waals surface area contributed by atoms with Crippen LogP contribution in [-0.2, 0) is 32.7 Å². The van der Waals surface area contributed by atoms with Gasteiger partial charge in [-0.1, -0.05) is 159 Å². The van der Waals surface area contributed by atoms with Gasteiger partial charge in [-0.15, -0.1) is 0 Å². The van der Waals surface area contributed by atoms with E-state index in [0.29, 0.717) is 13.0 Å². The Bertz CT molecular complexity index is 1060. The van der Waals surface area contributed by atoms with Crippen LogP contribution in [0.25, 0.3) is 0 Å². The average molecular weight is 810 g/mol. The molecule has 0 bridgehead atoms. The predicted octanol–water partition coefficient (Wildman–Crippen LogP) is 13.0. The summed E-state index contributed by atoms with van der Waals surface area (Å²) in [5.74, 6) is -0.828. The first-order chi connectivity index (χ1) is 27.3. The van der Waals surface area contributed by atoms with Crippen molar-refractivity contribution in [2.24, 2.45) is 0 Å². The highest BCUT2D eigenvalue weighted by atomic mass is 31.2. The van der Waals surface area contributed by atoms with Crippen molar-refractivity contribution >= 4 is 19.8 Å². The predicted molar refractivity (Wildman–Crippen MR) is 234 cm³/mol. The van der Waals surface area contributed by atoms with Crippen molar-refractivity contribution in [3.8, 4) is 0 Å². The fraction of sp³-hybridized carbons (Fsp3) is 0.783. The number of nitrogens with one attached hydrogen (secondary N) is 1. The van der Waals surface area contributed by atoms with Crippen molar-refractivity contribution in [3.63, 3.8) is 0 Å². The summed E-state index contributed by atoms with van der Waals surface area (Å²) in [6.45, 7) is 4.09. The first-order valence-electron chi connectivity index (χ1n) is 22.6. The summed E-state index contributed by atoms with van der Waals surface area (Å²) in [7, 11) is -2.66. The monoisotopic (exact) mass is 810 g/mol. The van der Waals surface area contributed by atoms with E-state index in [-0.39, 0.29) is 32.0 Å². The highest BCUT2D eigenvalue weighted by Gasteiger charge is 2.26. The van der Waals surface area contributed by atoms with E-state index in [1.54, 1.807) is 7.05 Å². The zero-order valence-corrected chi connectivity index (χ0v) is 37.0. The lowest BCUT2D eigenvalue weighted by atomic mass is 10.1. The molecular formula is C46H84NO8P. The minimum Gasteiger partial charge on any atom is -0.462 e. The maximum atomic E-state index is 12.6. The van der Waals surface area contributed by atoms with Gasteiger partial charge < -0.3 is 19.7 Å². The zero-order chi connectivity index (χ0) is 41.1. The van der Waals surface area contributed by atoms with Crippen LogP contribution in [0.3, 0.4) is 0 Å². The van der Waals surface area contributed by atoms with E-state index in [1.165, 1.54) is 83.5 Å². The van der Waals surface area contributed by atoms with E-state index in [0.717, 1.165) is 77.0 Å². The molecule has 0 rings (SSSR count). The van der Waals surface area contributed by atoms with Gasteiger partial charge in [0.25, 0.3) is 0 Å². The SMILES string of the molecule is CC/C=C\C/C=C\C/C=C\CCCCCCCC(=O)OCC(COP(=O)(O)OCCNC)OC(=O)CCCCCCCCCCC/C=C\CCCCCCCC. The summed E-state index contributed by atoms with van der Waals surface area (Å²) < 4.78 is 33.2. The number of rotatable bonds is 42. The molecule has 0 amide bonds. The number of esters is 2. The van der Waals surface area contributed by atoms with Crippen LogP contribution in [0.5, 0.6) is 0 Å². The summed E-state index contributed by atoms with van der Waals surface area (Å²) in [5.41, 5.74) is 0. The molecule has 0 aromatic rings. The van der Waals surface area contributed by atoms with Gasteiger partial charge in [0.1, 0.15) is 6.61 Å². The highest BCUT2D eigenvalue weighted by molar-refractivity contribution is 7.47. The lowest BCUT2D eigenvalue weighted by Gasteiger charge is -2.20. The molecular weight excluding hydrogens is 725 g/mol. The molecule has 0 aliphatic carbocycles. The summed E-state index contributed by atoms with van der Waals surface area (Å²) in [4.78, 5) is 35.1. The molecule has 56 heavy (non-hydrogen) atoms. The van der Waals surface area contributed by atoms with Gasteiger partial charge in [-0.25, -0.2) is 4.57 Å². The standard InChI is InChI=1S/C46H84NO8P/c1-4-6-8-10-12-14-16-18-20-21-22-23-25-27-29-31-33-35-37-39-46(49)55-44(43-54-56(50,51)53-41-40-47-3)42-52-45(48)38-36-34-32-30-28-26-24-19-17-15-13-11-9-7-5-2/h7,9,13,15,18-20,24,44,47H,4-6,8,10-12,14,16-17,21-23,25-43H2,1-3H3,(H,50,51)/b9-7-,15-13-,20-18-,24-19-. The largest absolute Gasteiger partial charge is 0.472 e. The first kappa shape index (κ1) is 54.0. The Morgan fingerprint density at radius 3 is 1.54 bits per heavy atom. The molecule has 0 saturated carbocycles. The molecule has 9 nitrogen and oxygen atoms in total. The highest BCUT2D eigenvalue weighted by Crippen LogP contribution is 2.43. The third kappa shape index (κ3) is 41.6. The Morgan fingerprint density at radius 1 is 0.571 bits per heavy atom. The van der Waals surface area contributed by atoms with Gasteiger partial charge in [-0.3, -0.25) is 18.6 Å². The van der Waals surface area contributed by atoms with Crippen LogP contribution in [0.2, 0.25) is 0 Å². The fourth-order valence-electron chi connectivity index (χ4n) is 6.03. The fourth-order valence-corrected chi connectivity index (χ4v) is 6.78. The molecule has 0 fully saturated rings. The molecule has 2 N–H and O–H groups in total. The van der Waals surface area contributed by atoms with Crippen LogP contribution in [0, 0.1) is 0 Å². The van der Waals surface area contributed by atoms with Crippen LogP contribution >= 0.6 is 7.82 Å². The Balaban J connectivity index is 4.21. The number of ether oxygens (including phenoxy) is 2. The summed E-state index contributed by atoms with van der Waals surface area (Å²) in [6.07, 6.45) is 47.2. The van der Waals surface area contributed by atoms with Gasteiger partial charge in [0.2, 0.25) is 0 Å². The van der Waals surface area contributed by atoms with E-state index >= 15 is 0 Å². The average Bonchev–Trinajstić information content (AvgIpc) is 3.18. The summed E-state index contributed by atoms with van der Waals surface area (Å²) in [6, 6.07) is 0. The topological polar surface area (TPSA) is 120 Å². The second kappa shape index (κ2) is 42.6. The Kier molecular flexibility index (Phi) is 41.0. The lowest BCUT2D eigenvalue weighted by Crippen LogP contribution is -2.29. The molecule has 0 heterocycles. The van der Waals surface area contributed by atoms with Crippen LogP contribution < -0.4 is 5.32 Å². The molecule has 2 atom stereocenters. The summed E-state index contributed by atoms with van der Waals surface area (Å²) >= 11 is 0. The van der Waals surface area contributed by atoms with Crippen molar-refractivity contribution in [2.75, 3.05) is 33.4 Å². The van der Waals surface area contributed by atoms with Gasteiger partial charge in [-0.05, 0) is 77.7 Å². The van der Waals surface area contributed by atoms with E-state index in [1.807, 2.05) is 0 Å². The third-order valence-corrected chi connectivity index (χ3v) is 10.4. The second-order valence-electron chi connectivity index (χ2n) is 14.8. The number of unbranched alkanes of at least 4 members (excludes halogenated alkanes) is 20. The molecule has 0 aromatic heterocycles. The van der Waals surface area contributed by atoms with E-state index in [2.05, 4.69) is 67.8 Å². The van der Waals surface area contributed by atoms with Gasteiger partial charge >= 0.3 is 19.8 Å². The number of carbonyl (C=O) groups is 2. The van der Waals surface area contributed by atoms with Crippen molar-refractivity contribution in [1.29, 1.82) is 0 Å². The number of likely N-dealkylation sites (N-methyl/N-ethyl adjacent to an activating group) is 1. The van der Waals surface area contributed by atoms with E-state index in [9.17, 15) is 19.0 Å². The number of phosphoric ester groups is 1. The minimum atomic E-state index is -4.35. The first-order valence-corrected chi connectivity index (χ1v) is 24.1. The smallest absolute Gasteiger partial charge is 0.462 e. The van der Waals surface area contributed by atoms with Crippen LogP contribution in [0.4, 0.5) is 0 Å². The molecule has 326 valence electrons. The number of phosphoric acid groups is 1. The van der Waals surface area contributed by atoms with Gasteiger partial charge in [0.15, 0.2) is 6.10 Å². The second-order valence-corrected chi connectivity index (χ2v) is 16.3. The zero-order valence-electron chi connectivity index (χ0n) is 36.1. The molecule has 0 saturated heterocycles. The number of hydrogen-bond donors (Lipinski definition) is 2. The van der Waals surface area contributed by atoms with E-state index in [4.69, 9.17) is 18.5 Å². The Morgan fingerprint density at radius 2 is 1.02 bits per heavy atom. The quantitative estimate of drug-likeness (QED) is 0.0269.